The molecule has 11 aromatic rings. The fraction of sp³-hybridized carbons (Fsp3) is 0. The molecule has 3 aromatic heterocycles. The van der Waals surface area contributed by atoms with E-state index >= 15 is 0 Å². The van der Waals surface area contributed by atoms with Crippen molar-refractivity contribution in [1.82, 2.24) is 19.5 Å². The third-order valence-electron chi connectivity index (χ3n) is 9.50. The van der Waals surface area contributed by atoms with E-state index in [1.165, 1.54) is 0 Å². The van der Waals surface area contributed by atoms with Crippen molar-refractivity contribution in [3.8, 4) is 62.1 Å². The quantitative estimate of drug-likeness (QED) is 0.171. The molecule has 5 heteroatoms. The summed E-state index contributed by atoms with van der Waals surface area (Å²) < 4.78 is 151. The van der Waals surface area contributed by atoms with Crippen LogP contribution in [0.4, 0.5) is 0 Å². The highest BCUT2D eigenvalue weighted by Crippen LogP contribution is 2.38. The molecular weight excluding hydrogens is 685 g/mol. The van der Waals surface area contributed by atoms with Crippen molar-refractivity contribution in [1.29, 1.82) is 0 Å². The average molecular weight is 733 g/mol. The lowest BCUT2D eigenvalue weighted by Gasteiger charge is -2.11. The van der Waals surface area contributed by atoms with Gasteiger partial charge in [-0.2, -0.15) is 0 Å². The van der Waals surface area contributed by atoms with Gasteiger partial charge in [0.05, 0.1) is 38.5 Å². The van der Waals surface area contributed by atoms with Crippen LogP contribution in [0.1, 0.15) is 21.9 Å². The number of para-hydroxylation sites is 3. The SMILES string of the molecule is [2H]c1c([2H])c([2H])c(-c2c([2H])c([2H])c(-n3c4c([2H])c([2H])c([2H])c([2H])c4c4c([2H])c([2H])c(-c5nc(-c6ccc(-c7ccccc7)cc6)nc(-c6cccc7c6oc6ccccc67)n5)c([2H])c43)c([2H])c2[2H])c([2H])c1[2H]. The van der Waals surface area contributed by atoms with Gasteiger partial charge in [-0.05, 0) is 58.6 Å². The number of benzene rings is 8. The van der Waals surface area contributed by atoms with Crippen LogP contribution < -0.4 is 0 Å². The summed E-state index contributed by atoms with van der Waals surface area (Å²) in [5.74, 6) is -0.135. The number of nitrogens with zero attached hydrogens (tertiary/aromatic N) is 4. The Morgan fingerprint density at radius 3 is 1.88 bits per heavy atom. The van der Waals surface area contributed by atoms with Gasteiger partial charge in [0.25, 0.3) is 0 Å². The summed E-state index contributed by atoms with van der Waals surface area (Å²) in [6.07, 6.45) is 0. The molecule has 0 aliphatic rings. The maximum atomic E-state index is 10.0. The van der Waals surface area contributed by atoms with Gasteiger partial charge in [0.15, 0.2) is 17.5 Å². The normalized spacial score (nSPS) is 15.6. The number of furan rings is 1. The van der Waals surface area contributed by atoms with Crippen molar-refractivity contribution in [3.05, 3.63) is 194 Å². The van der Waals surface area contributed by atoms with E-state index in [4.69, 9.17) is 30.3 Å². The van der Waals surface area contributed by atoms with Crippen molar-refractivity contribution < 1.29 is 26.3 Å². The van der Waals surface area contributed by atoms with Crippen LogP contribution in [0, 0.1) is 0 Å². The number of hydrogen-bond donors (Lipinski definition) is 0. The Morgan fingerprint density at radius 1 is 0.411 bits per heavy atom. The van der Waals surface area contributed by atoms with Crippen LogP contribution >= 0.6 is 0 Å². The Bertz CT molecular complexity index is 4120. The van der Waals surface area contributed by atoms with E-state index < -0.39 is 125 Å². The van der Waals surface area contributed by atoms with Gasteiger partial charge in [-0.3, -0.25) is 0 Å². The lowest BCUT2D eigenvalue weighted by molar-refractivity contribution is 0.669. The Labute approximate surface area is 345 Å². The summed E-state index contributed by atoms with van der Waals surface area (Å²) in [6, 6.07) is 17.7. The monoisotopic (exact) mass is 732 g/mol. The molecule has 11 rings (SSSR count). The molecule has 0 spiro atoms. The zero-order valence-electron chi connectivity index (χ0n) is 44.9. The maximum absolute atomic E-state index is 10.0. The van der Waals surface area contributed by atoms with Crippen LogP contribution in [0.15, 0.2) is 198 Å². The van der Waals surface area contributed by atoms with Crippen molar-refractivity contribution in [2.75, 3.05) is 0 Å². The summed E-state index contributed by atoms with van der Waals surface area (Å²) in [4.78, 5) is 14.6. The van der Waals surface area contributed by atoms with E-state index in [9.17, 15) is 11.0 Å². The highest BCUT2D eigenvalue weighted by molar-refractivity contribution is 6.11. The smallest absolute Gasteiger partial charge is 0.167 e. The molecule has 0 aliphatic heterocycles. The summed E-state index contributed by atoms with van der Waals surface area (Å²) >= 11 is 0. The van der Waals surface area contributed by atoms with Crippen LogP contribution in [-0.2, 0) is 0 Å². The van der Waals surface area contributed by atoms with E-state index in [2.05, 4.69) is 0 Å². The molecule has 0 saturated heterocycles. The highest BCUT2D eigenvalue weighted by atomic mass is 16.3. The molecule has 8 aromatic carbocycles. The summed E-state index contributed by atoms with van der Waals surface area (Å²) in [5, 5.41) is 0.871. The standard InChI is InChI=1S/C51H32N4O/c1-3-12-33(13-4-1)35-22-24-37(25-23-35)49-52-50(54-51(53-49)44-19-11-18-43-42-17-8-10-21-47(42)56-48(43)44)38-28-31-41-40-16-7-9-20-45(40)55(46(41)32-38)39-29-26-36(27-30-39)34-14-5-2-6-15-34/h1-32H/i2D,5D,6D,7D,9D,14D,15D,16D,20D,26D,27D,28D,29D,30D,31D,32D. The molecule has 0 N–H and O–H groups in total. The van der Waals surface area contributed by atoms with Gasteiger partial charge in [0.1, 0.15) is 11.2 Å². The Hall–Kier alpha value is -7.63. The van der Waals surface area contributed by atoms with Gasteiger partial charge in [-0.1, -0.05) is 157 Å². The zero-order chi connectivity index (χ0) is 50.9. The summed E-state index contributed by atoms with van der Waals surface area (Å²) in [7, 11) is 0. The van der Waals surface area contributed by atoms with E-state index in [1.807, 2.05) is 72.8 Å². The predicted molar refractivity (Wildman–Crippen MR) is 229 cm³/mol. The van der Waals surface area contributed by atoms with Gasteiger partial charge >= 0.3 is 0 Å². The highest BCUT2D eigenvalue weighted by Gasteiger charge is 2.19. The molecule has 0 amide bonds. The Kier molecular flexibility index (Phi) is 4.57. The second-order valence-electron chi connectivity index (χ2n) is 12.8. The molecule has 0 bridgehead atoms. The minimum Gasteiger partial charge on any atom is -0.455 e. The van der Waals surface area contributed by atoms with Gasteiger partial charge in [-0.25, -0.2) is 15.0 Å². The van der Waals surface area contributed by atoms with Gasteiger partial charge in [0.2, 0.25) is 0 Å². The topological polar surface area (TPSA) is 56.7 Å². The molecule has 0 aliphatic carbocycles. The molecule has 0 saturated carbocycles. The largest absolute Gasteiger partial charge is 0.455 e. The van der Waals surface area contributed by atoms with E-state index in [0.717, 1.165) is 26.5 Å². The minimum absolute atomic E-state index is 0.0557. The molecule has 5 nitrogen and oxygen atoms in total. The Morgan fingerprint density at radius 2 is 1.04 bits per heavy atom. The predicted octanol–water partition coefficient (Wildman–Crippen LogP) is 13.2. The first-order valence-electron chi connectivity index (χ1n) is 25.5. The number of aromatic nitrogens is 4. The van der Waals surface area contributed by atoms with Crippen molar-refractivity contribution >= 4 is 43.7 Å². The fourth-order valence-electron chi connectivity index (χ4n) is 6.87. The van der Waals surface area contributed by atoms with Crippen LogP contribution in [0.3, 0.4) is 0 Å². The lowest BCUT2D eigenvalue weighted by atomic mass is 10.0. The number of rotatable bonds is 6. The lowest BCUT2D eigenvalue weighted by Crippen LogP contribution is -2.01. The average Bonchev–Trinajstić information content (AvgIpc) is 3.96. The summed E-state index contributed by atoms with van der Waals surface area (Å²) in [5.41, 5.74) is 0.632. The summed E-state index contributed by atoms with van der Waals surface area (Å²) in [6.45, 7) is 0. The van der Waals surface area contributed by atoms with E-state index in [0.29, 0.717) is 22.3 Å². The van der Waals surface area contributed by atoms with Crippen LogP contribution in [0.2, 0.25) is 0 Å². The second kappa shape index (κ2) is 13.0. The molecule has 0 unspecified atom stereocenters. The first kappa shape index (κ1) is 19.6. The molecular formula is C51H32N4O. The first-order chi connectivity index (χ1) is 34.4. The van der Waals surface area contributed by atoms with Gasteiger partial charge in [0, 0.05) is 38.4 Å². The molecule has 56 heavy (non-hydrogen) atoms. The van der Waals surface area contributed by atoms with Crippen LogP contribution in [0.25, 0.3) is 106 Å². The third-order valence-corrected chi connectivity index (χ3v) is 9.50. The van der Waals surface area contributed by atoms with Crippen molar-refractivity contribution in [2.24, 2.45) is 0 Å². The third kappa shape index (κ3) is 5.37. The van der Waals surface area contributed by atoms with Crippen molar-refractivity contribution in [3.63, 3.8) is 0 Å². The van der Waals surface area contributed by atoms with E-state index in [1.54, 1.807) is 24.3 Å². The zero-order valence-corrected chi connectivity index (χ0v) is 28.9. The van der Waals surface area contributed by atoms with Gasteiger partial charge in [-0.15, -0.1) is 0 Å². The molecule has 0 atom stereocenters. The molecule has 0 fully saturated rings. The number of fused-ring (bicyclic) bond motifs is 6. The maximum Gasteiger partial charge on any atom is 0.167 e. The fourth-order valence-corrected chi connectivity index (χ4v) is 6.87. The number of hydrogen-bond acceptors (Lipinski definition) is 4. The molecule has 0 radical (unpaired) electrons. The van der Waals surface area contributed by atoms with Crippen LogP contribution in [-0.4, -0.2) is 19.5 Å². The Balaban J connectivity index is 1.24. The van der Waals surface area contributed by atoms with Gasteiger partial charge < -0.3 is 8.98 Å². The van der Waals surface area contributed by atoms with Crippen LogP contribution in [0.5, 0.6) is 0 Å². The first-order valence-corrected chi connectivity index (χ1v) is 17.5. The van der Waals surface area contributed by atoms with Crippen molar-refractivity contribution in [2.45, 2.75) is 0 Å². The minimum atomic E-state index is -0.880. The molecule has 262 valence electrons. The second-order valence-corrected chi connectivity index (χ2v) is 12.8. The van der Waals surface area contributed by atoms with E-state index in [-0.39, 0.29) is 33.8 Å². The molecule has 3 heterocycles.